The Labute approximate surface area is 171 Å². The van der Waals surface area contributed by atoms with Crippen molar-refractivity contribution in [2.45, 2.75) is 26.7 Å². The fourth-order valence-electron chi connectivity index (χ4n) is 2.94. The summed E-state index contributed by atoms with van der Waals surface area (Å²) in [5, 5.41) is 3.17. The number of hydrogen-bond donors (Lipinski definition) is 1. The highest BCUT2D eigenvalue weighted by molar-refractivity contribution is 5.93. The second kappa shape index (κ2) is 10.2. The van der Waals surface area contributed by atoms with Crippen molar-refractivity contribution in [3.05, 3.63) is 72.6 Å². The Bertz CT molecular complexity index is 908. The molecule has 3 rings (SSSR count). The highest BCUT2D eigenvalue weighted by Gasteiger charge is 2.15. The van der Waals surface area contributed by atoms with Crippen LogP contribution in [0, 0.1) is 0 Å². The maximum absolute atomic E-state index is 12.7. The van der Waals surface area contributed by atoms with Gasteiger partial charge >= 0.3 is 0 Å². The Morgan fingerprint density at radius 1 is 0.931 bits per heavy atom. The highest BCUT2D eigenvalue weighted by atomic mass is 16.5. The quantitative estimate of drug-likeness (QED) is 0.539. The van der Waals surface area contributed by atoms with E-state index in [0.717, 1.165) is 37.4 Å². The lowest BCUT2D eigenvalue weighted by atomic mass is 10.2. The molecule has 2 aromatic carbocycles. The Balaban J connectivity index is 1.72. The van der Waals surface area contributed by atoms with Crippen LogP contribution in [0.5, 0.6) is 11.5 Å². The van der Waals surface area contributed by atoms with E-state index in [1.165, 1.54) is 0 Å². The molecular weight excluding hydrogens is 364 g/mol. The maximum Gasteiger partial charge on any atom is 0.256 e. The molecule has 0 aliphatic heterocycles. The number of carbonyl (C=O) groups is 1. The molecular formula is C23H26N4O2. The van der Waals surface area contributed by atoms with Crippen molar-refractivity contribution in [2.75, 3.05) is 18.4 Å². The molecule has 0 unspecified atom stereocenters. The number of carbonyl (C=O) groups excluding carboxylic acids is 1. The van der Waals surface area contributed by atoms with Crippen LogP contribution in [-0.4, -0.2) is 33.9 Å². The van der Waals surface area contributed by atoms with E-state index in [2.05, 4.69) is 29.1 Å². The third-order valence-electron chi connectivity index (χ3n) is 4.28. The average molecular weight is 390 g/mol. The van der Waals surface area contributed by atoms with E-state index >= 15 is 0 Å². The van der Waals surface area contributed by atoms with Gasteiger partial charge in [-0.2, -0.15) is 0 Å². The van der Waals surface area contributed by atoms with E-state index in [1.807, 2.05) is 59.5 Å². The third kappa shape index (κ3) is 5.54. The SMILES string of the molecule is CCCN(CCC)C(=O)c1cnc(Nc2ccccc2Oc2ccccc2)nc1. The summed E-state index contributed by atoms with van der Waals surface area (Å²) in [6, 6.07) is 17.2. The standard InChI is InChI=1S/C23H26N4O2/c1-3-14-27(15-4-2)22(28)18-16-24-23(25-17-18)26-20-12-8-9-13-21(20)29-19-10-6-5-7-11-19/h5-13,16-17H,3-4,14-15H2,1-2H3,(H,24,25,26). The highest BCUT2D eigenvalue weighted by Crippen LogP contribution is 2.30. The molecule has 6 nitrogen and oxygen atoms in total. The molecule has 150 valence electrons. The van der Waals surface area contributed by atoms with Crippen molar-refractivity contribution >= 4 is 17.5 Å². The van der Waals surface area contributed by atoms with Gasteiger partial charge in [0.25, 0.3) is 5.91 Å². The van der Waals surface area contributed by atoms with Crippen molar-refractivity contribution in [2.24, 2.45) is 0 Å². The Kier molecular flexibility index (Phi) is 7.16. The Hall–Kier alpha value is -3.41. The molecule has 0 bridgehead atoms. The van der Waals surface area contributed by atoms with Crippen molar-refractivity contribution in [1.82, 2.24) is 14.9 Å². The zero-order valence-electron chi connectivity index (χ0n) is 16.8. The van der Waals surface area contributed by atoms with Gasteiger partial charge < -0.3 is 15.0 Å². The van der Waals surface area contributed by atoms with Gasteiger partial charge in [0.1, 0.15) is 5.75 Å². The number of anilines is 2. The molecule has 1 heterocycles. The normalized spacial score (nSPS) is 10.4. The summed E-state index contributed by atoms with van der Waals surface area (Å²) in [6.07, 6.45) is 4.97. The number of nitrogens with one attached hydrogen (secondary N) is 1. The zero-order chi connectivity index (χ0) is 20.5. The number of nitrogens with zero attached hydrogens (tertiary/aromatic N) is 3. The first-order chi connectivity index (χ1) is 14.2. The van der Waals surface area contributed by atoms with Crippen molar-refractivity contribution < 1.29 is 9.53 Å². The minimum Gasteiger partial charge on any atom is -0.455 e. The number of hydrogen-bond acceptors (Lipinski definition) is 5. The van der Waals surface area contributed by atoms with E-state index in [4.69, 9.17) is 4.74 Å². The fraction of sp³-hybridized carbons (Fsp3) is 0.261. The molecule has 0 saturated heterocycles. The predicted molar refractivity (Wildman–Crippen MR) is 115 cm³/mol. The van der Waals surface area contributed by atoms with Gasteiger partial charge in [-0.25, -0.2) is 9.97 Å². The molecule has 3 aromatic rings. The van der Waals surface area contributed by atoms with Crippen molar-refractivity contribution in [3.63, 3.8) is 0 Å². The summed E-state index contributed by atoms with van der Waals surface area (Å²) in [5.74, 6) is 1.78. The molecule has 0 fully saturated rings. The van der Waals surface area contributed by atoms with Crippen LogP contribution in [0.1, 0.15) is 37.0 Å². The topological polar surface area (TPSA) is 67.4 Å². The van der Waals surface area contributed by atoms with Gasteiger partial charge in [-0.3, -0.25) is 4.79 Å². The lowest BCUT2D eigenvalue weighted by Gasteiger charge is -2.21. The lowest BCUT2D eigenvalue weighted by Crippen LogP contribution is -2.32. The number of amides is 1. The minimum absolute atomic E-state index is 0.0342. The first-order valence-electron chi connectivity index (χ1n) is 9.91. The summed E-state index contributed by atoms with van der Waals surface area (Å²) in [4.78, 5) is 23.1. The Morgan fingerprint density at radius 3 is 2.21 bits per heavy atom. The summed E-state index contributed by atoms with van der Waals surface area (Å²) < 4.78 is 5.95. The second-order valence-corrected chi connectivity index (χ2v) is 6.62. The van der Waals surface area contributed by atoms with Gasteiger partial charge in [0, 0.05) is 25.5 Å². The van der Waals surface area contributed by atoms with Crippen LogP contribution in [0.2, 0.25) is 0 Å². The molecule has 0 spiro atoms. The predicted octanol–water partition coefficient (Wildman–Crippen LogP) is 5.27. The monoisotopic (exact) mass is 390 g/mol. The van der Waals surface area contributed by atoms with E-state index in [9.17, 15) is 4.79 Å². The van der Waals surface area contributed by atoms with Gasteiger partial charge in [-0.15, -0.1) is 0 Å². The van der Waals surface area contributed by atoms with Gasteiger partial charge in [0.2, 0.25) is 5.95 Å². The molecule has 6 heteroatoms. The molecule has 0 aliphatic carbocycles. The first-order valence-corrected chi connectivity index (χ1v) is 9.91. The molecule has 0 aliphatic rings. The minimum atomic E-state index is -0.0342. The van der Waals surface area contributed by atoms with E-state index in [-0.39, 0.29) is 5.91 Å². The van der Waals surface area contributed by atoms with Gasteiger partial charge in [0.15, 0.2) is 5.75 Å². The molecule has 0 radical (unpaired) electrons. The van der Waals surface area contributed by atoms with Crippen LogP contribution in [0.15, 0.2) is 67.0 Å². The number of aromatic nitrogens is 2. The summed E-state index contributed by atoms with van der Waals surface area (Å²) in [6.45, 7) is 5.59. The van der Waals surface area contributed by atoms with Crippen LogP contribution < -0.4 is 10.1 Å². The van der Waals surface area contributed by atoms with Gasteiger partial charge in [0.05, 0.1) is 11.3 Å². The molecule has 0 saturated carbocycles. The molecule has 1 amide bonds. The largest absolute Gasteiger partial charge is 0.455 e. The van der Waals surface area contributed by atoms with E-state index in [0.29, 0.717) is 17.3 Å². The van der Waals surface area contributed by atoms with Crippen molar-refractivity contribution in [3.8, 4) is 11.5 Å². The number of ether oxygens (including phenoxy) is 1. The van der Waals surface area contributed by atoms with Crippen molar-refractivity contribution in [1.29, 1.82) is 0 Å². The van der Waals surface area contributed by atoms with Crippen LogP contribution in [-0.2, 0) is 0 Å². The summed E-state index contributed by atoms with van der Waals surface area (Å²) >= 11 is 0. The molecule has 1 aromatic heterocycles. The second-order valence-electron chi connectivity index (χ2n) is 6.62. The molecule has 1 N–H and O–H groups in total. The third-order valence-corrected chi connectivity index (χ3v) is 4.28. The van der Waals surface area contributed by atoms with Gasteiger partial charge in [-0.1, -0.05) is 44.2 Å². The smallest absolute Gasteiger partial charge is 0.256 e. The fourth-order valence-corrected chi connectivity index (χ4v) is 2.94. The van der Waals surface area contributed by atoms with E-state index < -0.39 is 0 Å². The van der Waals surface area contributed by atoms with Crippen LogP contribution >= 0.6 is 0 Å². The van der Waals surface area contributed by atoms with Gasteiger partial charge in [-0.05, 0) is 37.1 Å². The van der Waals surface area contributed by atoms with Crippen LogP contribution in [0.4, 0.5) is 11.6 Å². The van der Waals surface area contributed by atoms with Crippen LogP contribution in [0.25, 0.3) is 0 Å². The molecule has 29 heavy (non-hydrogen) atoms. The van der Waals surface area contributed by atoms with E-state index in [1.54, 1.807) is 12.4 Å². The average Bonchev–Trinajstić information content (AvgIpc) is 2.76. The maximum atomic E-state index is 12.7. The number of rotatable bonds is 9. The Morgan fingerprint density at radius 2 is 1.55 bits per heavy atom. The zero-order valence-corrected chi connectivity index (χ0v) is 16.8. The first kappa shape index (κ1) is 20.3. The number of para-hydroxylation sites is 3. The molecule has 0 atom stereocenters. The number of benzene rings is 2. The summed E-state index contributed by atoms with van der Waals surface area (Å²) in [5.41, 5.74) is 1.24. The van der Waals surface area contributed by atoms with Crippen LogP contribution in [0.3, 0.4) is 0 Å². The summed E-state index contributed by atoms with van der Waals surface area (Å²) in [7, 11) is 0. The lowest BCUT2D eigenvalue weighted by molar-refractivity contribution is 0.0754.